The number of ether oxygens (including phenoxy) is 1. The lowest BCUT2D eigenvalue weighted by molar-refractivity contribution is 0.0304. The fourth-order valence-electron chi connectivity index (χ4n) is 1.42. The van der Waals surface area contributed by atoms with E-state index in [0.717, 1.165) is 6.54 Å². The van der Waals surface area contributed by atoms with E-state index in [1.165, 1.54) is 6.07 Å². The molecule has 1 unspecified atom stereocenters. The fraction of sp³-hybridized carbons (Fsp3) is 0.583. The molecule has 2 N–H and O–H groups in total. The highest BCUT2D eigenvalue weighted by atomic mass is 35.5. The molecule has 0 spiro atoms. The summed E-state index contributed by atoms with van der Waals surface area (Å²) in [6.45, 7) is 1.27. The number of hydrogen-bond acceptors (Lipinski definition) is 5. The van der Waals surface area contributed by atoms with Crippen LogP contribution in [0.25, 0.3) is 0 Å². The Kier molecular flexibility index (Phi) is 9.00. The number of pyridine rings is 1. The van der Waals surface area contributed by atoms with Gasteiger partial charge in [-0.2, -0.15) is 0 Å². The Hall–Kier alpha value is -0.660. The van der Waals surface area contributed by atoms with Crippen molar-refractivity contribution >= 4 is 29.8 Å². The number of likely N-dealkylation sites (N-methyl/N-ethyl adjacent to an activating group) is 1. The van der Waals surface area contributed by atoms with Gasteiger partial charge in [0.05, 0.1) is 13.2 Å². The second kappa shape index (κ2) is 9.31. The molecule has 1 aromatic rings. The number of aliphatic hydroxyl groups is 1. The molecule has 0 bridgehead atoms. The van der Waals surface area contributed by atoms with Crippen molar-refractivity contribution in [2.24, 2.45) is 0 Å². The Morgan fingerprint density at radius 3 is 2.75 bits per heavy atom. The number of aliphatic hydroxyl groups excluding tert-OH is 1. The highest BCUT2D eigenvalue weighted by Gasteiger charge is 2.16. The Bertz CT molecular complexity index is 422. The molecule has 8 heteroatoms. The third-order valence-electron chi connectivity index (χ3n) is 2.51. The summed E-state index contributed by atoms with van der Waals surface area (Å²) in [6, 6.07) is 1.17. The van der Waals surface area contributed by atoms with Crippen LogP contribution in [0.4, 0.5) is 10.2 Å². The minimum Gasteiger partial charge on any atom is -0.386 e. The first-order valence-corrected chi connectivity index (χ1v) is 6.27. The number of nitrogens with zero attached hydrogens (tertiary/aromatic N) is 2. The van der Waals surface area contributed by atoms with E-state index in [1.54, 1.807) is 7.05 Å². The minimum atomic E-state index is -0.998. The predicted molar refractivity (Wildman–Crippen MR) is 80.3 cm³/mol. The van der Waals surface area contributed by atoms with Crippen molar-refractivity contribution in [3.8, 4) is 0 Å². The van der Waals surface area contributed by atoms with E-state index in [2.05, 4.69) is 10.3 Å². The van der Waals surface area contributed by atoms with Gasteiger partial charge in [0, 0.05) is 19.2 Å². The zero-order valence-electron chi connectivity index (χ0n) is 11.7. The number of aromatic nitrogens is 1. The lowest BCUT2D eigenvalue weighted by Gasteiger charge is -2.15. The smallest absolute Gasteiger partial charge is 0.165 e. The van der Waals surface area contributed by atoms with E-state index < -0.39 is 11.9 Å². The van der Waals surface area contributed by atoms with Crippen LogP contribution in [0, 0.1) is 5.82 Å². The first-order chi connectivity index (χ1) is 8.95. The van der Waals surface area contributed by atoms with Crippen LogP contribution in [-0.4, -0.2) is 55.9 Å². The second-order valence-electron chi connectivity index (χ2n) is 4.34. The predicted octanol–water partition coefficient (Wildman–Crippen LogP) is 1.95. The lowest BCUT2D eigenvalue weighted by Crippen LogP contribution is -2.20. The summed E-state index contributed by atoms with van der Waals surface area (Å²) in [5.74, 6) is -0.510. The molecule has 0 saturated heterocycles. The Morgan fingerprint density at radius 1 is 1.55 bits per heavy atom. The van der Waals surface area contributed by atoms with Crippen LogP contribution in [-0.2, 0) is 4.74 Å². The third kappa shape index (κ3) is 5.76. The van der Waals surface area contributed by atoms with Gasteiger partial charge in [-0.05, 0) is 20.2 Å². The molecule has 1 atom stereocenters. The minimum absolute atomic E-state index is 0. The molecule has 116 valence electrons. The maximum absolute atomic E-state index is 13.5. The molecule has 0 aliphatic carbocycles. The van der Waals surface area contributed by atoms with E-state index in [9.17, 15) is 9.50 Å². The van der Waals surface area contributed by atoms with Gasteiger partial charge in [0.25, 0.3) is 0 Å². The molecule has 20 heavy (non-hydrogen) atoms. The monoisotopic (exact) mass is 327 g/mol. The molecule has 0 radical (unpaired) electrons. The van der Waals surface area contributed by atoms with Gasteiger partial charge in [-0.25, -0.2) is 9.37 Å². The van der Waals surface area contributed by atoms with Crippen LogP contribution >= 0.6 is 24.0 Å². The fourth-order valence-corrected chi connectivity index (χ4v) is 1.69. The van der Waals surface area contributed by atoms with Gasteiger partial charge in [-0.1, -0.05) is 11.6 Å². The molecule has 0 aromatic carbocycles. The van der Waals surface area contributed by atoms with E-state index in [1.807, 2.05) is 19.0 Å². The summed E-state index contributed by atoms with van der Waals surface area (Å²) in [6.07, 6.45) is -0.998. The third-order valence-corrected chi connectivity index (χ3v) is 2.81. The summed E-state index contributed by atoms with van der Waals surface area (Å²) < 4.78 is 18.8. The Morgan fingerprint density at radius 2 is 2.20 bits per heavy atom. The normalized spacial score (nSPS) is 12.2. The molecular weight excluding hydrogens is 308 g/mol. The summed E-state index contributed by atoms with van der Waals surface area (Å²) >= 11 is 5.90. The van der Waals surface area contributed by atoms with Crippen LogP contribution in [0.1, 0.15) is 11.7 Å². The van der Waals surface area contributed by atoms with Crippen molar-refractivity contribution < 1.29 is 14.2 Å². The molecular formula is C12H20Cl2FN3O2. The largest absolute Gasteiger partial charge is 0.386 e. The van der Waals surface area contributed by atoms with Crippen LogP contribution in [0.15, 0.2) is 6.07 Å². The maximum Gasteiger partial charge on any atom is 0.165 e. The lowest BCUT2D eigenvalue weighted by atomic mass is 10.1. The zero-order chi connectivity index (χ0) is 14.4. The summed E-state index contributed by atoms with van der Waals surface area (Å²) in [5, 5.41) is 12.5. The first-order valence-electron chi connectivity index (χ1n) is 5.90. The summed E-state index contributed by atoms with van der Waals surface area (Å²) in [4.78, 5) is 5.78. The molecule has 1 heterocycles. The Labute approximate surface area is 129 Å². The molecule has 0 aliphatic heterocycles. The molecule has 1 rings (SSSR count). The average Bonchev–Trinajstić information content (AvgIpc) is 2.36. The second-order valence-corrected chi connectivity index (χ2v) is 4.70. The van der Waals surface area contributed by atoms with Crippen molar-refractivity contribution in [1.29, 1.82) is 0 Å². The number of halogens is 3. The number of hydrogen-bond donors (Lipinski definition) is 2. The van der Waals surface area contributed by atoms with Gasteiger partial charge in [0.15, 0.2) is 11.6 Å². The SMILES string of the molecule is CNc1nc(Cl)c(C(O)COCCN(C)C)cc1F.Cl. The summed E-state index contributed by atoms with van der Waals surface area (Å²) in [7, 11) is 5.39. The van der Waals surface area contributed by atoms with E-state index in [-0.39, 0.29) is 35.5 Å². The average molecular weight is 328 g/mol. The highest BCUT2D eigenvalue weighted by molar-refractivity contribution is 6.30. The Balaban J connectivity index is 0.00000361. The van der Waals surface area contributed by atoms with Crippen molar-refractivity contribution in [1.82, 2.24) is 9.88 Å². The number of rotatable bonds is 7. The molecule has 0 amide bonds. The van der Waals surface area contributed by atoms with Gasteiger partial charge in [-0.15, -0.1) is 12.4 Å². The molecule has 1 aromatic heterocycles. The van der Waals surface area contributed by atoms with E-state index in [0.29, 0.717) is 6.61 Å². The maximum atomic E-state index is 13.5. The van der Waals surface area contributed by atoms with E-state index in [4.69, 9.17) is 16.3 Å². The van der Waals surface area contributed by atoms with Crippen LogP contribution < -0.4 is 5.32 Å². The van der Waals surface area contributed by atoms with Gasteiger partial charge in [0.1, 0.15) is 11.3 Å². The zero-order valence-corrected chi connectivity index (χ0v) is 13.3. The standard InChI is InChI=1S/C12H19ClFN3O2.ClH/c1-15-12-9(14)6-8(11(13)16-12)10(18)7-19-5-4-17(2)3;/h6,10,18H,4-5,7H2,1-3H3,(H,15,16);1H. The van der Waals surface area contributed by atoms with Gasteiger partial charge < -0.3 is 20.1 Å². The van der Waals surface area contributed by atoms with Gasteiger partial charge >= 0.3 is 0 Å². The number of anilines is 1. The van der Waals surface area contributed by atoms with Crippen molar-refractivity contribution in [2.45, 2.75) is 6.10 Å². The summed E-state index contributed by atoms with van der Waals surface area (Å²) in [5.41, 5.74) is 0.225. The van der Waals surface area contributed by atoms with Gasteiger partial charge in [-0.3, -0.25) is 0 Å². The molecule has 5 nitrogen and oxygen atoms in total. The van der Waals surface area contributed by atoms with Crippen LogP contribution in [0.5, 0.6) is 0 Å². The van der Waals surface area contributed by atoms with E-state index >= 15 is 0 Å². The quantitative estimate of drug-likeness (QED) is 0.592. The molecule has 0 saturated carbocycles. The topological polar surface area (TPSA) is 57.6 Å². The van der Waals surface area contributed by atoms with Crippen LogP contribution in [0.3, 0.4) is 0 Å². The van der Waals surface area contributed by atoms with Crippen molar-refractivity contribution in [2.75, 3.05) is 46.2 Å². The van der Waals surface area contributed by atoms with Crippen LogP contribution in [0.2, 0.25) is 5.15 Å². The number of nitrogens with one attached hydrogen (secondary N) is 1. The molecule has 0 fully saturated rings. The van der Waals surface area contributed by atoms with Gasteiger partial charge in [0.2, 0.25) is 0 Å². The van der Waals surface area contributed by atoms with Crippen molar-refractivity contribution in [3.63, 3.8) is 0 Å². The molecule has 0 aliphatic rings. The van der Waals surface area contributed by atoms with Crippen molar-refractivity contribution in [3.05, 3.63) is 22.6 Å². The highest BCUT2D eigenvalue weighted by Crippen LogP contribution is 2.25. The first kappa shape index (κ1) is 19.3.